The molecule has 0 radical (unpaired) electrons. The van der Waals surface area contributed by atoms with Crippen molar-refractivity contribution in [3.05, 3.63) is 336 Å². The van der Waals surface area contributed by atoms with Crippen LogP contribution < -0.4 is 0 Å². The molecule has 0 saturated carbocycles. The van der Waals surface area contributed by atoms with Crippen molar-refractivity contribution >= 4 is 21.5 Å². The summed E-state index contributed by atoms with van der Waals surface area (Å²) in [5, 5.41) is 4.74. The SMILES string of the molecule is c1ccc(C2(c3ccccc3)c3ccccc3-c3ccc(-c4c5ccccc5c(-c5ccc6c(c5)C(c5ccccc5)(c5ccccc5)c5ccccc5-6)c5cc(-c6cccc(-c7ccccn7)n6)ccc45)cc32)cc1. The standard InChI is InChI=1S/C74H48N2/c1-5-22-52(23-6-1)73(53-24-7-2-8-25-53)64-34-17-15-30-56(64)58-42-40-50(47-66(58)73)71-60-32-13-14-33-61(60)72(63-46-49(39-44-62(63)71)68-37-21-38-70(76-68)69-36-19-20-45-75-69)51-41-43-59-57-31-16-18-35-65(57)74(67(59)48-51,54-26-9-3-10-27-54)55-28-11-4-12-29-55/h1-48H. The highest BCUT2D eigenvalue weighted by Crippen LogP contribution is 2.59. The molecule has 0 atom stereocenters. The number of hydrogen-bond acceptors (Lipinski definition) is 2. The maximum absolute atomic E-state index is 5.29. The van der Waals surface area contributed by atoms with E-state index in [9.17, 15) is 0 Å². The molecular weight excluding hydrogens is 917 g/mol. The largest absolute Gasteiger partial charge is 0.255 e. The Bertz CT molecular complexity index is 4300. The van der Waals surface area contributed by atoms with Crippen molar-refractivity contribution in [1.82, 2.24) is 9.97 Å². The lowest BCUT2D eigenvalue weighted by molar-refractivity contribution is 0.769. The van der Waals surface area contributed by atoms with Gasteiger partial charge in [-0.25, -0.2) is 4.98 Å². The van der Waals surface area contributed by atoms with E-state index in [0.29, 0.717) is 0 Å². The van der Waals surface area contributed by atoms with Gasteiger partial charge in [-0.3, -0.25) is 4.98 Å². The van der Waals surface area contributed by atoms with E-state index in [1.54, 1.807) is 0 Å². The fraction of sp³-hybridized carbons (Fsp3) is 0.0270. The van der Waals surface area contributed by atoms with Crippen LogP contribution in [0.1, 0.15) is 44.5 Å². The number of pyridine rings is 2. The molecule has 2 heterocycles. The number of fused-ring (bicyclic) bond motifs is 8. The van der Waals surface area contributed by atoms with E-state index in [-0.39, 0.29) is 0 Å². The molecular formula is C74H48N2. The van der Waals surface area contributed by atoms with Crippen molar-refractivity contribution in [3.8, 4) is 67.2 Å². The Kier molecular flexibility index (Phi) is 10.0. The number of rotatable bonds is 8. The van der Waals surface area contributed by atoms with Crippen LogP contribution in [-0.4, -0.2) is 9.97 Å². The number of nitrogens with zero attached hydrogens (tertiary/aromatic N) is 2. The minimum atomic E-state index is -0.553. The minimum Gasteiger partial charge on any atom is -0.255 e. The third kappa shape index (κ3) is 6.41. The molecule has 2 aliphatic carbocycles. The fourth-order valence-electron chi connectivity index (χ4n) is 13.4. The van der Waals surface area contributed by atoms with Gasteiger partial charge in [-0.2, -0.15) is 0 Å². The number of benzene rings is 11. The van der Waals surface area contributed by atoms with Crippen molar-refractivity contribution in [2.75, 3.05) is 0 Å². The average Bonchev–Trinajstić information content (AvgIpc) is 4.18. The van der Waals surface area contributed by atoms with E-state index in [2.05, 4.69) is 272 Å². The first-order chi connectivity index (χ1) is 37.7. The topological polar surface area (TPSA) is 25.8 Å². The first-order valence-corrected chi connectivity index (χ1v) is 26.3. The van der Waals surface area contributed by atoms with E-state index >= 15 is 0 Å². The van der Waals surface area contributed by atoms with Crippen LogP contribution in [0.2, 0.25) is 0 Å². The Balaban J connectivity index is 1.03. The second-order valence-corrected chi connectivity index (χ2v) is 20.3. The first kappa shape index (κ1) is 43.8. The third-order valence-electron chi connectivity index (χ3n) is 16.5. The van der Waals surface area contributed by atoms with Gasteiger partial charge in [0, 0.05) is 11.8 Å². The molecule has 11 aromatic carbocycles. The molecule has 0 saturated heterocycles. The second-order valence-electron chi connectivity index (χ2n) is 20.3. The molecule has 13 aromatic rings. The van der Waals surface area contributed by atoms with Gasteiger partial charge in [0.25, 0.3) is 0 Å². The lowest BCUT2D eigenvalue weighted by atomic mass is 9.67. The van der Waals surface area contributed by atoms with Crippen LogP contribution in [0.25, 0.3) is 88.7 Å². The summed E-state index contributed by atoms with van der Waals surface area (Å²) in [5.41, 5.74) is 22.5. The molecule has 0 fully saturated rings. The zero-order chi connectivity index (χ0) is 50.2. The summed E-state index contributed by atoms with van der Waals surface area (Å²) < 4.78 is 0. The molecule has 2 aromatic heterocycles. The minimum absolute atomic E-state index is 0.542. The maximum atomic E-state index is 5.29. The highest BCUT2D eigenvalue weighted by Gasteiger charge is 2.48. The second kappa shape index (κ2) is 17.4. The Morgan fingerprint density at radius 1 is 0.237 bits per heavy atom. The van der Waals surface area contributed by atoms with Gasteiger partial charge in [0.15, 0.2) is 0 Å². The van der Waals surface area contributed by atoms with Gasteiger partial charge in [-0.1, -0.05) is 243 Å². The Hall–Kier alpha value is -9.76. The van der Waals surface area contributed by atoms with Crippen LogP contribution in [0, 0.1) is 0 Å². The Labute approximate surface area is 443 Å². The van der Waals surface area contributed by atoms with Crippen LogP contribution in [0.4, 0.5) is 0 Å². The molecule has 0 aliphatic heterocycles. The summed E-state index contributed by atoms with van der Waals surface area (Å²) in [4.78, 5) is 9.98. The summed E-state index contributed by atoms with van der Waals surface area (Å²) in [6, 6.07) is 105. The van der Waals surface area contributed by atoms with Crippen LogP contribution in [0.3, 0.4) is 0 Å². The Morgan fingerprint density at radius 2 is 0.632 bits per heavy atom. The van der Waals surface area contributed by atoms with Crippen molar-refractivity contribution < 1.29 is 0 Å². The summed E-state index contributed by atoms with van der Waals surface area (Å²) in [6.45, 7) is 0. The quantitative estimate of drug-likeness (QED) is 0.142. The summed E-state index contributed by atoms with van der Waals surface area (Å²) in [6.07, 6.45) is 1.83. The lowest BCUT2D eigenvalue weighted by Gasteiger charge is -2.34. The number of aromatic nitrogens is 2. The molecule has 2 nitrogen and oxygen atoms in total. The van der Waals surface area contributed by atoms with Crippen molar-refractivity contribution in [2.45, 2.75) is 10.8 Å². The fourth-order valence-corrected chi connectivity index (χ4v) is 13.4. The molecule has 0 amide bonds. The Morgan fingerprint density at radius 3 is 1.13 bits per heavy atom. The van der Waals surface area contributed by atoms with Crippen molar-refractivity contribution in [1.29, 1.82) is 0 Å². The van der Waals surface area contributed by atoms with Gasteiger partial charge < -0.3 is 0 Å². The van der Waals surface area contributed by atoms with E-state index in [1.807, 2.05) is 24.4 Å². The van der Waals surface area contributed by atoms with Gasteiger partial charge in [0.1, 0.15) is 0 Å². The molecule has 0 N–H and O–H groups in total. The van der Waals surface area contributed by atoms with Crippen LogP contribution in [0.5, 0.6) is 0 Å². The molecule has 0 unspecified atom stereocenters. The van der Waals surface area contributed by atoms with Crippen molar-refractivity contribution in [3.63, 3.8) is 0 Å². The maximum Gasteiger partial charge on any atom is 0.0893 e. The molecule has 354 valence electrons. The average molecular weight is 965 g/mol. The van der Waals surface area contributed by atoms with E-state index in [0.717, 1.165) is 28.0 Å². The summed E-state index contributed by atoms with van der Waals surface area (Å²) in [7, 11) is 0. The van der Waals surface area contributed by atoms with Gasteiger partial charge in [-0.15, -0.1) is 0 Å². The van der Waals surface area contributed by atoms with Crippen LogP contribution in [0.15, 0.2) is 291 Å². The highest BCUT2D eigenvalue weighted by atomic mass is 14.8. The zero-order valence-corrected chi connectivity index (χ0v) is 41.6. The molecule has 2 heteroatoms. The highest BCUT2D eigenvalue weighted by molar-refractivity contribution is 6.22. The normalized spacial score (nSPS) is 13.5. The van der Waals surface area contributed by atoms with E-state index < -0.39 is 10.8 Å². The molecule has 2 aliphatic rings. The predicted octanol–water partition coefficient (Wildman–Crippen LogP) is 18.2. The van der Waals surface area contributed by atoms with Gasteiger partial charge in [0.2, 0.25) is 0 Å². The molecule has 76 heavy (non-hydrogen) atoms. The van der Waals surface area contributed by atoms with Gasteiger partial charge in [0.05, 0.1) is 27.9 Å². The summed E-state index contributed by atoms with van der Waals surface area (Å²) >= 11 is 0. The van der Waals surface area contributed by atoms with Crippen molar-refractivity contribution in [2.24, 2.45) is 0 Å². The lowest BCUT2D eigenvalue weighted by Crippen LogP contribution is -2.28. The van der Waals surface area contributed by atoms with Gasteiger partial charge >= 0.3 is 0 Å². The zero-order valence-electron chi connectivity index (χ0n) is 41.6. The molecule has 0 bridgehead atoms. The molecule has 15 rings (SSSR count). The van der Waals surface area contributed by atoms with Crippen LogP contribution in [-0.2, 0) is 10.8 Å². The smallest absolute Gasteiger partial charge is 0.0893 e. The third-order valence-corrected chi connectivity index (χ3v) is 16.5. The van der Waals surface area contributed by atoms with E-state index in [4.69, 9.17) is 4.98 Å². The first-order valence-electron chi connectivity index (χ1n) is 26.3. The van der Waals surface area contributed by atoms with Crippen LogP contribution >= 0.6 is 0 Å². The predicted molar refractivity (Wildman–Crippen MR) is 313 cm³/mol. The number of hydrogen-bond donors (Lipinski definition) is 0. The monoisotopic (exact) mass is 964 g/mol. The summed E-state index contributed by atoms with van der Waals surface area (Å²) in [5.74, 6) is 0. The van der Waals surface area contributed by atoms with E-state index in [1.165, 1.54) is 105 Å². The van der Waals surface area contributed by atoms with Gasteiger partial charge in [-0.05, 0) is 153 Å². The molecule has 0 spiro atoms.